The number of amides is 1. The molecule has 0 radical (unpaired) electrons. The number of carbonyl (C=O) groups is 1. The van der Waals surface area contributed by atoms with Crippen LogP contribution in [0.3, 0.4) is 0 Å². The molecule has 0 unspecified atom stereocenters. The van der Waals surface area contributed by atoms with Crippen molar-refractivity contribution in [3.05, 3.63) is 53.6 Å². The Morgan fingerprint density at radius 3 is 2.52 bits per heavy atom. The van der Waals surface area contributed by atoms with Crippen LogP contribution in [0.1, 0.15) is 15.9 Å². The molecule has 110 valence electrons. The summed E-state index contributed by atoms with van der Waals surface area (Å²) in [5, 5.41) is 2.25. The Morgan fingerprint density at radius 1 is 1.24 bits per heavy atom. The van der Waals surface area contributed by atoms with Crippen molar-refractivity contribution in [2.45, 2.75) is 6.18 Å². The van der Waals surface area contributed by atoms with Gasteiger partial charge < -0.3 is 11.1 Å². The topological polar surface area (TPSA) is 68.0 Å². The van der Waals surface area contributed by atoms with E-state index in [-0.39, 0.29) is 16.9 Å². The third-order valence-corrected chi connectivity index (χ3v) is 2.64. The van der Waals surface area contributed by atoms with Crippen LogP contribution in [0.15, 0.2) is 36.7 Å². The van der Waals surface area contributed by atoms with Gasteiger partial charge in [0, 0.05) is 6.20 Å². The molecule has 0 bridgehead atoms. The summed E-state index contributed by atoms with van der Waals surface area (Å²) < 4.78 is 50.8. The van der Waals surface area contributed by atoms with Gasteiger partial charge >= 0.3 is 6.18 Å². The Morgan fingerprint density at radius 2 is 1.95 bits per heavy atom. The first-order valence-corrected chi connectivity index (χ1v) is 5.66. The zero-order chi connectivity index (χ0) is 15.6. The van der Waals surface area contributed by atoms with Crippen LogP contribution < -0.4 is 11.1 Å². The molecule has 1 heterocycles. The smallest absolute Gasteiger partial charge is 0.397 e. The molecule has 2 aromatic rings. The minimum Gasteiger partial charge on any atom is -0.397 e. The molecule has 0 aliphatic carbocycles. The SMILES string of the molecule is Nc1cc(C(F)(F)F)ccc1NC(=O)c1ccncc1F. The molecule has 21 heavy (non-hydrogen) atoms. The van der Waals surface area contributed by atoms with E-state index in [1.807, 2.05) is 0 Å². The van der Waals surface area contributed by atoms with Crippen LogP contribution >= 0.6 is 0 Å². The number of aromatic nitrogens is 1. The normalized spacial score (nSPS) is 11.2. The maximum Gasteiger partial charge on any atom is 0.416 e. The van der Waals surface area contributed by atoms with Crippen LogP contribution in [0.4, 0.5) is 28.9 Å². The molecule has 0 spiro atoms. The standard InChI is InChI=1S/C13H9F4N3O/c14-9-6-19-4-3-8(9)12(21)20-11-2-1-7(5-10(11)18)13(15,16)17/h1-6H,18H2,(H,20,21). The Labute approximate surface area is 116 Å². The van der Waals surface area contributed by atoms with Crippen LogP contribution in [0.2, 0.25) is 0 Å². The molecule has 0 fully saturated rings. The van der Waals surface area contributed by atoms with Gasteiger partial charge in [-0.15, -0.1) is 0 Å². The predicted octanol–water partition coefficient (Wildman–Crippen LogP) is 3.07. The fraction of sp³-hybridized carbons (Fsp3) is 0.0769. The van der Waals surface area contributed by atoms with Crippen molar-refractivity contribution in [3.63, 3.8) is 0 Å². The molecular weight excluding hydrogens is 290 g/mol. The fourth-order valence-electron chi connectivity index (χ4n) is 1.60. The number of anilines is 2. The molecule has 0 aliphatic heterocycles. The van der Waals surface area contributed by atoms with E-state index in [0.29, 0.717) is 6.07 Å². The van der Waals surface area contributed by atoms with Crippen molar-refractivity contribution in [2.75, 3.05) is 11.1 Å². The monoisotopic (exact) mass is 299 g/mol. The van der Waals surface area contributed by atoms with Crippen LogP contribution in [0.5, 0.6) is 0 Å². The van der Waals surface area contributed by atoms with Crippen LogP contribution in [0.25, 0.3) is 0 Å². The second kappa shape index (κ2) is 5.39. The molecular formula is C13H9F4N3O. The quantitative estimate of drug-likeness (QED) is 0.661. The Kier molecular flexibility index (Phi) is 3.79. The summed E-state index contributed by atoms with van der Waals surface area (Å²) in [6, 6.07) is 3.62. The molecule has 8 heteroatoms. The zero-order valence-electron chi connectivity index (χ0n) is 10.4. The van der Waals surface area contributed by atoms with Gasteiger partial charge in [0.1, 0.15) is 0 Å². The molecule has 2 rings (SSSR count). The van der Waals surface area contributed by atoms with E-state index < -0.39 is 23.5 Å². The highest BCUT2D eigenvalue weighted by molar-refractivity contribution is 6.05. The lowest BCUT2D eigenvalue weighted by Crippen LogP contribution is -2.15. The largest absolute Gasteiger partial charge is 0.416 e. The number of alkyl halides is 3. The molecule has 1 amide bonds. The zero-order valence-corrected chi connectivity index (χ0v) is 10.4. The number of pyridine rings is 1. The molecule has 0 aliphatic rings. The molecule has 1 aromatic heterocycles. The van der Waals surface area contributed by atoms with E-state index in [9.17, 15) is 22.4 Å². The molecule has 1 aromatic carbocycles. The summed E-state index contributed by atoms with van der Waals surface area (Å²) in [6.07, 6.45) is -2.47. The summed E-state index contributed by atoms with van der Waals surface area (Å²) in [5.41, 5.74) is 3.93. The Bertz CT molecular complexity index is 685. The average Bonchev–Trinajstić information content (AvgIpc) is 2.40. The number of hydrogen-bond acceptors (Lipinski definition) is 3. The molecule has 3 N–H and O–H groups in total. The van der Waals surface area contributed by atoms with E-state index in [4.69, 9.17) is 5.73 Å². The first-order valence-electron chi connectivity index (χ1n) is 5.66. The maximum atomic E-state index is 13.4. The van der Waals surface area contributed by atoms with Crippen molar-refractivity contribution in [1.82, 2.24) is 4.98 Å². The van der Waals surface area contributed by atoms with E-state index in [1.54, 1.807) is 0 Å². The number of nitrogens with one attached hydrogen (secondary N) is 1. The Balaban J connectivity index is 2.25. The number of rotatable bonds is 2. The van der Waals surface area contributed by atoms with Crippen molar-refractivity contribution in [3.8, 4) is 0 Å². The van der Waals surface area contributed by atoms with Gasteiger partial charge in [-0.2, -0.15) is 13.2 Å². The second-order valence-electron chi connectivity index (χ2n) is 4.11. The molecule has 0 atom stereocenters. The maximum absolute atomic E-state index is 13.4. The minimum atomic E-state index is -4.53. The van der Waals surface area contributed by atoms with Crippen molar-refractivity contribution >= 4 is 17.3 Å². The number of benzene rings is 1. The number of nitrogens with zero attached hydrogens (tertiary/aromatic N) is 1. The number of nitrogens with two attached hydrogens (primary N) is 1. The molecule has 4 nitrogen and oxygen atoms in total. The highest BCUT2D eigenvalue weighted by Crippen LogP contribution is 2.32. The number of halogens is 4. The van der Waals surface area contributed by atoms with Crippen LogP contribution in [-0.4, -0.2) is 10.9 Å². The van der Waals surface area contributed by atoms with Crippen molar-refractivity contribution < 1.29 is 22.4 Å². The van der Waals surface area contributed by atoms with Gasteiger partial charge in [0.15, 0.2) is 5.82 Å². The van der Waals surface area contributed by atoms with E-state index >= 15 is 0 Å². The highest BCUT2D eigenvalue weighted by atomic mass is 19.4. The van der Waals surface area contributed by atoms with E-state index in [0.717, 1.165) is 24.4 Å². The number of carbonyl (C=O) groups excluding carboxylic acids is 1. The molecule has 0 saturated heterocycles. The summed E-state index contributed by atoms with van der Waals surface area (Å²) in [6.45, 7) is 0. The number of hydrogen-bond donors (Lipinski definition) is 2. The van der Waals surface area contributed by atoms with E-state index in [2.05, 4.69) is 10.3 Å². The second-order valence-corrected chi connectivity index (χ2v) is 4.11. The van der Waals surface area contributed by atoms with Crippen molar-refractivity contribution in [2.24, 2.45) is 0 Å². The average molecular weight is 299 g/mol. The lowest BCUT2D eigenvalue weighted by atomic mass is 10.1. The third kappa shape index (κ3) is 3.28. The highest BCUT2D eigenvalue weighted by Gasteiger charge is 2.30. The van der Waals surface area contributed by atoms with Crippen LogP contribution in [0, 0.1) is 5.82 Å². The minimum absolute atomic E-state index is 0.0378. The van der Waals surface area contributed by atoms with Crippen LogP contribution in [-0.2, 0) is 6.18 Å². The summed E-state index contributed by atoms with van der Waals surface area (Å²) in [5.74, 6) is -1.68. The van der Waals surface area contributed by atoms with Gasteiger partial charge in [-0.25, -0.2) is 4.39 Å². The molecule has 0 saturated carbocycles. The van der Waals surface area contributed by atoms with Gasteiger partial charge in [0.05, 0.1) is 28.7 Å². The fourth-order valence-corrected chi connectivity index (χ4v) is 1.60. The van der Waals surface area contributed by atoms with Crippen molar-refractivity contribution in [1.29, 1.82) is 0 Å². The summed E-state index contributed by atoms with van der Waals surface area (Å²) in [4.78, 5) is 15.3. The van der Waals surface area contributed by atoms with Gasteiger partial charge in [-0.3, -0.25) is 9.78 Å². The van der Waals surface area contributed by atoms with Gasteiger partial charge in [0.25, 0.3) is 5.91 Å². The first-order chi connectivity index (χ1) is 9.79. The first kappa shape index (κ1) is 14.8. The van der Waals surface area contributed by atoms with Gasteiger partial charge in [0.2, 0.25) is 0 Å². The number of nitrogen functional groups attached to an aromatic ring is 1. The third-order valence-electron chi connectivity index (χ3n) is 2.64. The Hall–Kier alpha value is -2.64. The van der Waals surface area contributed by atoms with E-state index in [1.165, 1.54) is 6.20 Å². The van der Waals surface area contributed by atoms with Gasteiger partial charge in [-0.05, 0) is 24.3 Å². The lowest BCUT2D eigenvalue weighted by molar-refractivity contribution is -0.137. The van der Waals surface area contributed by atoms with Gasteiger partial charge in [-0.1, -0.05) is 0 Å². The predicted molar refractivity (Wildman–Crippen MR) is 68.0 cm³/mol. The summed E-state index contributed by atoms with van der Waals surface area (Å²) >= 11 is 0. The lowest BCUT2D eigenvalue weighted by Gasteiger charge is -2.12. The summed E-state index contributed by atoms with van der Waals surface area (Å²) in [7, 11) is 0.